The quantitative estimate of drug-likeness (QED) is 0.733. The van der Waals surface area contributed by atoms with E-state index in [2.05, 4.69) is 33.3 Å². The minimum atomic E-state index is -0.171. The van der Waals surface area contributed by atoms with Crippen LogP contribution in [0.25, 0.3) is 0 Å². The van der Waals surface area contributed by atoms with Gasteiger partial charge in [-0.3, -0.25) is 14.7 Å². The molecule has 3 aromatic heterocycles. The van der Waals surface area contributed by atoms with Crippen molar-refractivity contribution in [2.24, 2.45) is 0 Å². The Bertz CT molecular complexity index is 919. The van der Waals surface area contributed by atoms with Gasteiger partial charge in [0.15, 0.2) is 0 Å². The molecular formula is C21H25N5O2. The summed E-state index contributed by atoms with van der Waals surface area (Å²) in [5.74, 6) is 2.58. The molecule has 1 aliphatic rings. The maximum atomic E-state index is 12.4. The summed E-state index contributed by atoms with van der Waals surface area (Å²) in [5, 5.41) is 7.42. The molecule has 0 unspecified atom stereocenters. The number of pyridine rings is 1. The van der Waals surface area contributed by atoms with E-state index in [-0.39, 0.29) is 11.9 Å². The Kier molecular flexibility index (Phi) is 5.25. The number of piperidine rings is 1. The van der Waals surface area contributed by atoms with Crippen molar-refractivity contribution < 1.29 is 9.21 Å². The third-order valence-electron chi connectivity index (χ3n) is 5.34. The summed E-state index contributed by atoms with van der Waals surface area (Å²) in [4.78, 5) is 18.8. The van der Waals surface area contributed by atoms with E-state index in [0.29, 0.717) is 5.56 Å². The van der Waals surface area contributed by atoms with Crippen LogP contribution in [-0.2, 0) is 6.54 Å². The summed E-state index contributed by atoms with van der Waals surface area (Å²) in [7, 11) is 0. The van der Waals surface area contributed by atoms with E-state index in [1.807, 2.05) is 17.7 Å². The fourth-order valence-electron chi connectivity index (χ4n) is 3.66. The predicted octanol–water partition coefficient (Wildman–Crippen LogP) is 3.58. The van der Waals surface area contributed by atoms with Crippen LogP contribution in [0, 0.1) is 13.8 Å². The standard InChI is InChI=1S/C21H25N5O2/c1-15-12-19(28-16(15)2)14-25-10-6-18(7-11-25)26-20(5-9-23-26)24-21(27)17-4-3-8-22-13-17/h3-5,8-9,12-13,18H,6-7,10-11,14H2,1-2H3,(H,24,27). The zero-order valence-electron chi connectivity index (χ0n) is 16.3. The molecule has 7 heteroatoms. The smallest absolute Gasteiger partial charge is 0.258 e. The second-order valence-corrected chi connectivity index (χ2v) is 7.32. The normalized spacial score (nSPS) is 15.6. The first kappa shape index (κ1) is 18.4. The molecule has 1 fully saturated rings. The molecule has 146 valence electrons. The lowest BCUT2D eigenvalue weighted by molar-refractivity contribution is 0.102. The largest absolute Gasteiger partial charge is 0.465 e. The van der Waals surface area contributed by atoms with E-state index in [1.165, 1.54) is 5.56 Å². The zero-order chi connectivity index (χ0) is 19.5. The monoisotopic (exact) mass is 379 g/mol. The first-order valence-electron chi connectivity index (χ1n) is 9.63. The van der Waals surface area contributed by atoms with E-state index in [9.17, 15) is 4.79 Å². The Morgan fingerprint density at radius 3 is 2.75 bits per heavy atom. The van der Waals surface area contributed by atoms with Crippen LogP contribution < -0.4 is 5.32 Å². The average Bonchev–Trinajstić information content (AvgIpc) is 3.29. The zero-order valence-corrected chi connectivity index (χ0v) is 16.3. The molecule has 4 heterocycles. The number of aryl methyl sites for hydroxylation is 2. The number of carbonyl (C=O) groups is 1. The molecule has 0 spiro atoms. The van der Waals surface area contributed by atoms with Crippen molar-refractivity contribution in [2.45, 2.75) is 39.3 Å². The van der Waals surface area contributed by atoms with Crippen LogP contribution in [-0.4, -0.2) is 38.7 Å². The van der Waals surface area contributed by atoms with Crippen molar-refractivity contribution >= 4 is 11.7 Å². The van der Waals surface area contributed by atoms with E-state index in [0.717, 1.165) is 49.8 Å². The first-order chi connectivity index (χ1) is 13.6. The molecule has 0 atom stereocenters. The molecular weight excluding hydrogens is 354 g/mol. The highest BCUT2D eigenvalue weighted by atomic mass is 16.3. The van der Waals surface area contributed by atoms with Crippen LogP contribution in [0.15, 0.2) is 47.3 Å². The summed E-state index contributed by atoms with van der Waals surface area (Å²) in [6.07, 6.45) is 6.92. The molecule has 0 saturated carbocycles. The first-order valence-corrected chi connectivity index (χ1v) is 9.63. The van der Waals surface area contributed by atoms with E-state index < -0.39 is 0 Å². The third kappa shape index (κ3) is 3.99. The lowest BCUT2D eigenvalue weighted by Crippen LogP contribution is -2.34. The van der Waals surface area contributed by atoms with Crippen LogP contribution in [0.1, 0.15) is 46.3 Å². The van der Waals surface area contributed by atoms with Gasteiger partial charge in [-0.2, -0.15) is 5.10 Å². The fourth-order valence-corrected chi connectivity index (χ4v) is 3.66. The topological polar surface area (TPSA) is 76.2 Å². The van der Waals surface area contributed by atoms with Gasteiger partial charge in [0.25, 0.3) is 5.91 Å². The van der Waals surface area contributed by atoms with Crippen molar-refractivity contribution in [2.75, 3.05) is 18.4 Å². The van der Waals surface area contributed by atoms with Gasteiger partial charge in [-0.05, 0) is 50.5 Å². The number of rotatable bonds is 5. The van der Waals surface area contributed by atoms with Crippen molar-refractivity contribution in [1.29, 1.82) is 0 Å². The van der Waals surface area contributed by atoms with Gasteiger partial charge in [0.1, 0.15) is 17.3 Å². The molecule has 7 nitrogen and oxygen atoms in total. The maximum Gasteiger partial charge on any atom is 0.258 e. The lowest BCUT2D eigenvalue weighted by atomic mass is 10.1. The van der Waals surface area contributed by atoms with Gasteiger partial charge in [-0.1, -0.05) is 0 Å². The van der Waals surface area contributed by atoms with Crippen LogP contribution in [0.4, 0.5) is 5.82 Å². The van der Waals surface area contributed by atoms with Crippen LogP contribution in [0.2, 0.25) is 0 Å². The summed E-state index contributed by atoms with van der Waals surface area (Å²) in [5.41, 5.74) is 1.74. The second kappa shape index (κ2) is 7.98. The van der Waals surface area contributed by atoms with Crippen molar-refractivity contribution in [3.63, 3.8) is 0 Å². The number of hydrogen-bond acceptors (Lipinski definition) is 5. The molecule has 28 heavy (non-hydrogen) atoms. The van der Waals surface area contributed by atoms with Gasteiger partial charge in [0.05, 0.1) is 24.3 Å². The highest BCUT2D eigenvalue weighted by Crippen LogP contribution is 2.27. The van der Waals surface area contributed by atoms with E-state index in [4.69, 9.17) is 4.42 Å². The van der Waals surface area contributed by atoms with Crippen molar-refractivity contribution in [3.8, 4) is 0 Å². The second-order valence-electron chi connectivity index (χ2n) is 7.32. The summed E-state index contributed by atoms with van der Waals surface area (Å²) >= 11 is 0. The summed E-state index contributed by atoms with van der Waals surface area (Å²) in [6.45, 7) is 6.86. The molecule has 0 aromatic carbocycles. The third-order valence-corrected chi connectivity index (χ3v) is 5.34. The Labute approximate surface area is 164 Å². The molecule has 1 N–H and O–H groups in total. The number of nitrogens with one attached hydrogen (secondary N) is 1. The highest BCUT2D eigenvalue weighted by Gasteiger charge is 2.24. The minimum absolute atomic E-state index is 0.171. The molecule has 1 amide bonds. The molecule has 1 aliphatic heterocycles. The van der Waals surface area contributed by atoms with Gasteiger partial charge in [-0.15, -0.1) is 0 Å². The molecule has 0 bridgehead atoms. The highest BCUT2D eigenvalue weighted by molar-refractivity contribution is 6.03. The van der Waals surface area contributed by atoms with E-state index in [1.54, 1.807) is 30.7 Å². The Morgan fingerprint density at radius 1 is 1.25 bits per heavy atom. The Balaban J connectivity index is 1.36. The van der Waals surface area contributed by atoms with Gasteiger partial charge >= 0.3 is 0 Å². The number of carbonyl (C=O) groups excluding carboxylic acids is 1. The van der Waals surface area contributed by atoms with Crippen LogP contribution in [0.5, 0.6) is 0 Å². The number of likely N-dealkylation sites (tertiary alicyclic amines) is 1. The Morgan fingerprint density at radius 2 is 2.07 bits per heavy atom. The van der Waals surface area contributed by atoms with Gasteiger partial charge < -0.3 is 9.73 Å². The molecule has 0 aliphatic carbocycles. The number of furan rings is 1. The fraction of sp³-hybridized carbons (Fsp3) is 0.381. The number of aromatic nitrogens is 3. The molecule has 3 aromatic rings. The molecule has 0 radical (unpaired) electrons. The van der Waals surface area contributed by atoms with Crippen molar-refractivity contribution in [3.05, 3.63) is 65.5 Å². The summed E-state index contributed by atoms with van der Waals surface area (Å²) < 4.78 is 7.75. The number of amides is 1. The minimum Gasteiger partial charge on any atom is -0.465 e. The summed E-state index contributed by atoms with van der Waals surface area (Å²) in [6, 6.07) is 7.75. The van der Waals surface area contributed by atoms with Crippen LogP contribution in [0.3, 0.4) is 0 Å². The Hall–Kier alpha value is -2.93. The van der Waals surface area contributed by atoms with E-state index >= 15 is 0 Å². The SMILES string of the molecule is Cc1cc(CN2CCC(n3nccc3NC(=O)c3cccnc3)CC2)oc1C. The number of nitrogens with zero attached hydrogens (tertiary/aromatic N) is 4. The van der Waals surface area contributed by atoms with Crippen molar-refractivity contribution in [1.82, 2.24) is 19.7 Å². The average molecular weight is 379 g/mol. The van der Waals surface area contributed by atoms with Crippen LogP contribution >= 0.6 is 0 Å². The lowest BCUT2D eigenvalue weighted by Gasteiger charge is -2.32. The predicted molar refractivity (Wildman–Crippen MR) is 106 cm³/mol. The molecule has 1 saturated heterocycles. The molecule has 4 rings (SSSR count). The van der Waals surface area contributed by atoms with Gasteiger partial charge in [0.2, 0.25) is 0 Å². The van der Waals surface area contributed by atoms with Gasteiger partial charge in [0, 0.05) is 31.5 Å². The van der Waals surface area contributed by atoms with Gasteiger partial charge in [-0.25, -0.2) is 4.68 Å². The number of anilines is 1. The number of hydrogen-bond donors (Lipinski definition) is 1. The maximum absolute atomic E-state index is 12.4.